The Morgan fingerprint density at radius 1 is 1.50 bits per heavy atom. The maximum Gasteiger partial charge on any atom is 0.320 e. The molecule has 0 aliphatic rings. The van der Waals surface area contributed by atoms with E-state index >= 15 is 0 Å². The van der Waals surface area contributed by atoms with Crippen molar-refractivity contribution in [2.75, 3.05) is 13.7 Å². The molecule has 0 radical (unpaired) electrons. The molecule has 1 atom stereocenters. The van der Waals surface area contributed by atoms with Crippen molar-refractivity contribution in [3.63, 3.8) is 0 Å². The zero-order chi connectivity index (χ0) is 13.5. The van der Waals surface area contributed by atoms with E-state index in [9.17, 15) is 14.9 Å². The minimum Gasteiger partial charge on any atom is -0.494 e. The first-order valence-corrected chi connectivity index (χ1v) is 5.32. The van der Waals surface area contributed by atoms with E-state index in [2.05, 4.69) is 5.32 Å². The Kier molecular flexibility index (Phi) is 5.06. The van der Waals surface area contributed by atoms with E-state index in [1.165, 1.54) is 24.3 Å². The number of ether oxygens (including phenoxy) is 1. The molecular formula is C11H14N2O5. The molecule has 1 aromatic rings. The van der Waals surface area contributed by atoms with Crippen LogP contribution < -0.4 is 10.1 Å². The number of hydrogen-bond acceptors (Lipinski definition) is 5. The number of carboxylic acids is 1. The smallest absolute Gasteiger partial charge is 0.320 e. The number of nitrogens with zero attached hydrogens (tertiary/aromatic N) is 1. The lowest BCUT2D eigenvalue weighted by Gasteiger charge is -2.11. The zero-order valence-electron chi connectivity index (χ0n) is 9.83. The number of hydrogen-bond donors (Lipinski definition) is 2. The van der Waals surface area contributed by atoms with Crippen LogP contribution in [0, 0.1) is 10.1 Å². The van der Waals surface area contributed by atoms with Gasteiger partial charge in [-0.25, -0.2) is 0 Å². The van der Waals surface area contributed by atoms with E-state index in [1.54, 1.807) is 7.05 Å². The molecule has 7 heteroatoms. The van der Waals surface area contributed by atoms with Gasteiger partial charge in [-0.05, 0) is 19.2 Å². The molecule has 1 unspecified atom stereocenters. The van der Waals surface area contributed by atoms with Crippen LogP contribution in [0.4, 0.5) is 5.69 Å². The standard InChI is InChI=1S/C11H14N2O5/c1-12-10(11(14)15)6-7-18-9-4-2-8(3-5-9)13(16)17/h2-5,10,12H,6-7H2,1H3,(H,14,15). The Bertz CT molecular complexity index is 418. The molecular weight excluding hydrogens is 240 g/mol. The lowest BCUT2D eigenvalue weighted by atomic mass is 10.2. The van der Waals surface area contributed by atoms with Crippen LogP contribution in [0.2, 0.25) is 0 Å². The molecule has 1 rings (SSSR count). The number of nitrogens with one attached hydrogen (secondary N) is 1. The average molecular weight is 254 g/mol. The van der Waals surface area contributed by atoms with Gasteiger partial charge in [-0.3, -0.25) is 14.9 Å². The van der Waals surface area contributed by atoms with Crippen molar-refractivity contribution in [2.24, 2.45) is 0 Å². The second-order valence-electron chi connectivity index (χ2n) is 3.57. The molecule has 0 aliphatic heterocycles. The Morgan fingerprint density at radius 3 is 2.56 bits per heavy atom. The summed E-state index contributed by atoms with van der Waals surface area (Å²) in [5.74, 6) is -0.467. The largest absolute Gasteiger partial charge is 0.494 e. The van der Waals surface area contributed by atoms with Crippen molar-refractivity contribution in [3.05, 3.63) is 34.4 Å². The molecule has 1 aromatic carbocycles. The topological polar surface area (TPSA) is 102 Å². The monoisotopic (exact) mass is 254 g/mol. The highest BCUT2D eigenvalue weighted by Crippen LogP contribution is 2.17. The molecule has 0 aliphatic carbocycles. The van der Waals surface area contributed by atoms with E-state index in [1.807, 2.05) is 0 Å². The van der Waals surface area contributed by atoms with Crippen LogP contribution in [0.1, 0.15) is 6.42 Å². The Morgan fingerprint density at radius 2 is 2.11 bits per heavy atom. The summed E-state index contributed by atoms with van der Waals surface area (Å²) in [7, 11) is 1.56. The third-order valence-electron chi connectivity index (χ3n) is 2.37. The van der Waals surface area contributed by atoms with Gasteiger partial charge in [0.1, 0.15) is 11.8 Å². The molecule has 0 heterocycles. The van der Waals surface area contributed by atoms with E-state index < -0.39 is 16.9 Å². The van der Waals surface area contributed by atoms with Gasteiger partial charge in [-0.2, -0.15) is 0 Å². The van der Waals surface area contributed by atoms with Gasteiger partial charge in [0.25, 0.3) is 5.69 Å². The SMILES string of the molecule is CNC(CCOc1ccc([N+](=O)[O-])cc1)C(=O)O. The van der Waals surface area contributed by atoms with Crippen molar-refractivity contribution in [1.29, 1.82) is 0 Å². The molecule has 0 spiro atoms. The number of carbonyl (C=O) groups is 1. The molecule has 0 saturated carbocycles. The fraction of sp³-hybridized carbons (Fsp3) is 0.364. The minimum atomic E-state index is -0.940. The Hall–Kier alpha value is -2.15. The summed E-state index contributed by atoms with van der Waals surface area (Å²) in [5.41, 5.74) is -0.0130. The highest BCUT2D eigenvalue weighted by Gasteiger charge is 2.14. The number of benzene rings is 1. The number of nitro groups is 1. The Labute approximate surface area is 104 Å². The maximum atomic E-state index is 10.7. The first-order chi connectivity index (χ1) is 8.54. The number of carboxylic acid groups (broad SMARTS) is 1. The van der Waals surface area contributed by atoms with Gasteiger partial charge in [-0.1, -0.05) is 0 Å². The summed E-state index contributed by atoms with van der Waals surface area (Å²) >= 11 is 0. The summed E-state index contributed by atoms with van der Waals surface area (Å²) in [6.45, 7) is 0.218. The fourth-order valence-corrected chi connectivity index (χ4v) is 1.35. The minimum absolute atomic E-state index is 0.0130. The van der Waals surface area contributed by atoms with Crippen molar-refractivity contribution in [1.82, 2.24) is 5.32 Å². The second-order valence-corrected chi connectivity index (χ2v) is 3.57. The quantitative estimate of drug-likeness (QED) is 0.556. The number of aliphatic carboxylic acids is 1. The van der Waals surface area contributed by atoms with Crippen molar-refractivity contribution in [2.45, 2.75) is 12.5 Å². The number of likely N-dealkylation sites (N-methyl/N-ethyl adjacent to an activating group) is 1. The van der Waals surface area contributed by atoms with Gasteiger partial charge in [0.2, 0.25) is 0 Å². The molecule has 0 aromatic heterocycles. The van der Waals surface area contributed by atoms with Crippen LogP contribution in [0.5, 0.6) is 5.75 Å². The van der Waals surface area contributed by atoms with Gasteiger partial charge in [0.05, 0.1) is 11.5 Å². The Balaban J connectivity index is 2.44. The maximum absolute atomic E-state index is 10.7. The first kappa shape index (κ1) is 13.9. The summed E-state index contributed by atoms with van der Waals surface area (Å²) in [4.78, 5) is 20.6. The summed E-state index contributed by atoms with van der Waals surface area (Å²) < 4.78 is 5.30. The molecule has 0 amide bonds. The van der Waals surface area contributed by atoms with Crippen molar-refractivity contribution in [3.8, 4) is 5.75 Å². The normalized spacial score (nSPS) is 11.8. The fourth-order valence-electron chi connectivity index (χ4n) is 1.35. The number of nitro benzene ring substituents is 1. The van der Waals surface area contributed by atoms with Gasteiger partial charge in [0, 0.05) is 18.6 Å². The van der Waals surface area contributed by atoms with E-state index in [0.29, 0.717) is 12.2 Å². The van der Waals surface area contributed by atoms with Crippen LogP contribution >= 0.6 is 0 Å². The van der Waals surface area contributed by atoms with Gasteiger partial charge in [0.15, 0.2) is 0 Å². The number of non-ortho nitro benzene ring substituents is 1. The van der Waals surface area contributed by atoms with Crippen LogP contribution in [-0.2, 0) is 4.79 Å². The summed E-state index contributed by atoms with van der Waals surface area (Å²) in [6.07, 6.45) is 0.308. The molecule has 7 nitrogen and oxygen atoms in total. The van der Waals surface area contributed by atoms with Gasteiger partial charge < -0.3 is 15.2 Å². The highest BCUT2D eigenvalue weighted by atomic mass is 16.6. The van der Waals surface area contributed by atoms with Crippen LogP contribution in [0.25, 0.3) is 0 Å². The van der Waals surface area contributed by atoms with Crippen LogP contribution in [0.15, 0.2) is 24.3 Å². The number of rotatable bonds is 7. The van der Waals surface area contributed by atoms with E-state index in [4.69, 9.17) is 9.84 Å². The average Bonchev–Trinajstić information content (AvgIpc) is 2.34. The second kappa shape index (κ2) is 6.55. The van der Waals surface area contributed by atoms with E-state index in [-0.39, 0.29) is 12.3 Å². The van der Waals surface area contributed by atoms with E-state index in [0.717, 1.165) is 0 Å². The van der Waals surface area contributed by atoms with Crippen molar-refractivity contribution >= 4 is 11.7 Å². The summed E-state index contributed by atoms with van der Waals surface area (Å²) in [6, 6.07) is 4.97. The molecule has 0 saturated heterocycles. The van der Waals surface area contributed by atoms with Gasteiger partial charge in [-0.15, -0.1) is 0 Å². The van der Waals surface area contributed by atoms with Crippen LogP contribution in [0.3, 0.4) is 0 Å². The molecule has 0 bridgehead atoms. The molecule has 98 valence electrons. The van der Waals surface area contributed by atoms with Crippen molar-refractivity contribution < 1.29 is 19.6 Å². The third-order valence-corrected chi connectivity index (χ3v) is 2.37. The zero-order valence-corrected chi connectivity index (χ0v) is 9.83. The van der Waals surface area contributed by atoms with Gasteiger partial charge >= 0.3 is 5.97 Å². The first-order valence-electron chi connectivity index (χ1n) is 5.32. The lowest BCUT2D eigenvalue weighted by Crippen LogP contribution is -2.35. The predicted molar refractivity (Wildman–Crippen MR) is 63.7 cm³/mol. The third kappa shape index (κ3) is 4.02. The predicted octanol–water partition coefficient (Wildman–Crippen LogP) is 1.04. The summed E-state index contributed by atoms with van der Waals surface area (Å²) in [5, 5.41) is 21.8. The molecule has 2 N–H and O–H groups in total. The van der Waals surface area contributed by atoms with Crippen LogP contribution in [-0.4, -0.2) is 35.7 Å². The molecule has 0 fully saturated rings. The highest BCUT2D eigenvalue weighted by molar-refractivity contribution is 5.73. The lowest BCUT2D eigenvalue weighted by molar-refractivity contribution is -0.384. The molecule has 18 heavy (non-hydrogen) atoms.